The highest BCUT2D eigenvalue weighted by Gasteiger charge is 2.15. The van der Waals surface area contributed by atoms with Gasteiger partial charge in [0, 0.05) is 12.1 Å². The molecule has 1 aromatic rings. The molecule has 0 amide bonds. The fraction of sp³-hybridized carbons (Fsp3) is 0.500. The van der Waals surface area contributed by atoms with Gasteiger partial charge in [-0.2, -0.15) is 0 Å². The summed E-state index contributed by atoms with van der Waals surface area (Å²) < 4.78 is 18.3. The maximum Gasteiger partial charge on any atom is 0.127 e. The first kappa shape index (κ1) is 10.4. The number of rotatable bonds is 2. The number of piperidine rings is 1. The van der Waals surface area contributed by atoms with Gasteiger partial charge in [0.15, 0.2) is 0 Å². The number of ether oxygens (including phenoxy) is 1. The summed E-state index contributed by atoms with van der Waals surface area (Å²) in [6.07, 6.45) is 3.49. The van der Waals surface area contributed by atoms with Crippen LogP contribution in [0.3, 0.4) is 0 Å². The summed E-state index contributed by atoms with van der Waals surface area (Å²) in [5, 5.41) is 3.39. The number of halogens is 1. The molecule has 2 rings (SSSR count). The van der Waals surface area contributed by atoms with E-state index in [2.05, 4.69) is 5.32 Å². The fourth-order valence-electron chi connectivity index (χ4n) is 2.04. The molecule has 1 N–H and O–H groups in total. The first-order valence-electron chi connectivity index (χ1n) is 5.37. The van der Waals surface area contributed by atoms with Gasteiger partial charge < -0.3 is 10.1 Å². The third kappa shape index (κ3) is 2.48. The molecule has 3 heteroatoms. The van der Waals surface area contributed by atoms with Gasteiger partial charge >= 0.3 is 0 Å². The Morgan fingerprint density at radius 2 is 2.20 bits per heavy atom. The molecule has 1 aliphatic heterocycles. The number of nitrogens with one attached hydrogen (secondary N) is 1. The number of hydrogen-bond donors (Lipinski definition) is 1. The van der Waals surface area contributed by atoms with Gasteiger partial charge in [0.1, 0.15) is 11.6 Å². The van der Waals surface area contributed by atoms with Crippen LogP contribution in [0.15, 0.2) is 18.2 Å². The zero-order valence-electron chi connectivity index (χ0n) is 8.92. The van der Waals surface area contributed by atoms with Crippen LogP contribution in [0.5, 0.6) is 5.75 Å². The van der Waals surface area contributed by atoms with E-state index in [1.807, 2.05) is 6.07 Å². The molecular weight excluding hydrogens is 193 g/mol. The highest BCUT2D eigenvalue weighted by atomic mass is 19.1. The van der Waals surface area contributed by atoms with Crippen LogP contribution in [0, 0.1) is 5.82 Å². The lowest BCUT2D eigenvalue weighted by Gasteiger charge is -2.24. The summed E-state index contributed by atoms with van der Waals surface area (Å²) in [6, 6.07) is 5.19. The minimum atomic E-state index is -0.225. The van der Waals surface area contributed by atoms with Gasteiger partial charge in [0.2, 0.25) is 0 Å². The molecule has 82 valence electrons. The normalized spacial score (nSPS) is 21.3. The van der Waals surface area contributed by atoms with Crippen molar-refractivity contribution < 1.29 is 9.13 Å². The van der Waals surface area contributed by atoms with Gasteiger partial charge in [0.25, 0.3) is 0 Å². The van der Waals surface area contributed by atoms with Gasteiger partial charge in [-0.25, -0.2) is 4.39 Å². The second-order valence-electron chi connectivity index (χ2n) is 3.93. The molecule has 1 aliphatic rings. The largest absolute Gasteiger partial charge is 0.497 e. The lowest BCUT2D eigenvalue weighted by atomic mass is 9.97. The molecule has 0 bridgehead atoms. The van der Waals surface area contributed by atoms with E-state index in [-0.39, 0.29) is 11.9 Å². The fourth-order valence-corrected chi connectivity index (χ4v) is 2.04. The SMILES string of the molecule is COc1cc(F)cc([C@@H]2CCCCN2)c1. The molecule has 1 heterocycles. The Balaban J connectivity index is 2.22. The van der Waals surface area contributed by atoms with E-state index in [1.165, 1.54) is 18.9 Å². The average molecular weight is 209 g/mol. The van der Waals surface area contributed by atoms with E-state index in [9.17, 15) is 4.39 Å². The Hall–Kier alpha value is -1.09. The first-order valence-corrected chi connectivity index (χ1v) is 5.37. The lowest BCUT2D eigenvalue weighted by Crippen LogP contribution is -2.26. The van der Waals surface area contributed by atoms with Crippen LogP contribution in [-0.4, -0.2) is 13.7 Å². The number of methoxy groups -OCH3 is 1. The van der Waals surface area contributed by atoms with Crippen molar-refractivity contribution in [1.29, 1.82) is 0 Å². The monoisotopic (exact) mass is 209 g/mol. The summed E-state index contributed by atoms with van der Waals surface area (Å²) in [6.45, 7) is 1.02. The maximum atomic E-state index is 13.3. The van der Waals surface area contributed by atoms with Crippen LogP contribution in [0.1, 0.15) is 30.9 Å². The molecule has 0 unspecified atom stereocenters. The summed E-state index contributed by atoms with van der Waals surface area (Å²) in [5.74, 6) is 0.370. The Morgan fingerprint density at radius 1 is 1.33 bits per heavy atom. The molecule has 15 heavy (non-hydrogen) atoms. The molecule has 2 nitrogen and oxygen atoms in total. The Morgan fingerprint density at radius 3 is 2.87 bits per heavy atom. The minimum Gasteiger partial charge on any atom is -0.497 e. The van der Waals surface area contributed by atoms with Crippen LogP contribution < -0.4 is 10.1 Å². The molecule has 1 saturated heterocycles. The summed E-state index contributed by atoms with van der Waals surface area (Å²) >= 11 is 0. The number of benzene rings is 1. The van der Waals surface area contributed by atoms with Crippen molar-refractivity contribution in [1.82, 2.24) is 5.32 Å². The summed E-state index contributed by atoms with van der Waals surface area (Å²) in [7, 11) is 1.56. The van der Waals surface area contributed by atoms with E-state index >= 15 is 0 Å². The van der Waals surface area contributed by atoms with E-state index in [0.717, 1.165) is 18.5 Å². The average Bonchev–Trinajstić information content (AvgIpc) is 2.29. The lowest BCUT2D eigenvalue weighted by molar-refractivity contribution is 0.396. The van der Waals surface area contributed by atoms with Crippen molar-refractivity contribution in [2.75, 3.05) is 13.7 Å². The van der Waals surface area contributed by atoms with Crippen molar-refractivity contribution >= 4 is 0 Å². The van der Waals surface area contributed by atoms with Gasteiger partial charge in [0.05, 0.1) is 7.11 Å². The standard InChI is InChI=1S/C12H16FNO/c1-15-11-7-9(6-10(13)8-11)12-4-2-3-5-14-12/h6-8,12,14H,2-5H2,1H3/t12-/m0/s1. The van der Waals surface area contributed by atoms with E-state index in [1.54, 1.807) is 13.2 Å². The van der Waals surface area contributed by atoms with Crippen LogP contribution in [0.2, 0.25) is 0 Å². The van der Waals surface area contributed by atoms with Crippen LogP contribution >= 0.6 is 0 Å². The quantitative estimate of drug-likeness (QED) is 0.808. The van der Waals surface area contributed by atoms with Gasteiger partial charge in [-0.1, -0.05) is 6.42 Å². The third-order valence-electron chi connectivity index (χ3n) is 2.84. The van der Waals surface area contributed by atoms with Crippen molar-refractivity contribution in [2.45, 2.75) is 25.3 Å². The van der Waals surface area contributed by atoms with Gasteiger partial charge in [-0.05, 0) is 37.1 Å². The molecule has 0 aliphatic carbocycles. The Labute approximate surface area is 89.4 Å². The summed E-state index contributed by atoms with van der Waals surface area (Å²) in [5.41, 5.74) is 0.992. The highest BCUT2D eigenvalue weighted by molar-refractivity contribution is 5.31. The smallest absolute Gasteiger partial charge is 0.127 e. The Bertz CT molecular complexity index is 334. The molecular formula is C12H16FNO. The van der Waals surface area contributed by atoms with Crippen molar-refractivity contribution in [2.24, 2.45) is 0 Å². The molecule has 0 aromatic heterocycles. The zero-order chi connectivity index (χ0) is 10.7. The van der Waals surface area contributed by atoms with Crippen LogP contribution in [0.4, 0.5) is 4.39 Å². The molecule has 1 fully saturated rings. The predicted octanol–water partition coefficient (Wildman–Crippen LogP) is 2.65. The molecule has 1 aromatic carbocycles. The highest BCUT2D eigenvalue weighted by Crippen LogP contribution is 2.26. The molecule has 0 spiro atoms. The number of hydrogen-bond acceptors (Lipinski definition) is 2. The second-order valence-corrected chi connectivity index (χ2v) is 3.93. The molecule has 1 atom stereocenters. The van der Waals surface area contributed by atoms with Crippen LogP contribution in [-0.2, 0) is 0 Å². The van der Waals surface area contributed by atoms with Gasteiger partial charge in [-0.15, -0.1) is 0 Å². The predicted molar refractivity (Wildman–Crippen MR) is 57.5 cm³/mol. The van der Waals surface area contributed by atoms with Crippen LogP contribution in [0.25, 0.3) is 0 Å². The van der Waals surface area contributed by atoms with Crippen molar-refractivity contribution in [3.63, 3.8) is 0 Å². The summed E-state index contributed by atoms with van der Waals surface area (Å²) in [4.78, 5) is 0. The third-order valence-corrected chi connectivity index (χ3v) is 2.84. The topological polar surface area (TPSA) is 21.3 Å². The minimum absolute atomic E-state index is 0.225. The Kier molecular flexibility index (Phi) is 3.21. The van der Waals surface area contributed by atoms with Crippen molar-refractivity contribution in [3.05, 3.63) is 29.6 Å². The van der Waals surface area contributed by atoms with Gasteiger partial charge in [-0.3, -0.25) is 0 Å². The zero-order valence-corrected chi connectivity index (χ0v) is 8.92. The molecule has 0 saturated carbocycles. The molecule has 0 radical (unpaired) electrons. The van der Waals surface area contributed by atoms with E-state index < -0.39 is 0 Å². The maximum absolute atomic E-state index is 13.3. The first-order chi connectivity index (χ1) is 7.29. The van der Waals surface area contributed by atoms with E-state index in [0.29, 0.717) is 5.75 Å². The van der Waals surface area contributed by atoms with E-state index in [4.69, 9.17) is 4.74 Å². The van der Waals surface area contributed by atoms with Crippen molar-refractivity contribution in [3.8, 4) is 5.75 Å². The second kappa shape index (κ2) is 4.62.